The number of allylic oxidation sites excluding steroid dienone is 6. The SMILES string of the molecule is C/C=C\C(=C/C(C)(C)CCC(C)/C=C(/c1cc(OC)c(C(=O)NCC(F)(F)F)c(OC)c1)C(C)C)c1cnccc1C#N. The topological polar surface area (TPSA) is 84.2 Å². The molecule has 1 heterocycles. The second-order valence-electron chi connectivity index (χ2n) is 11.5. The zero-order valence-electron chi connectivity index (χ0n) is 26.2. The molecule has 1 amide bonds. The number of aromatic nitrogens is 1. The Bertz CT molecular complexity index is 1370. The largest absolute Gasteiger partial charge is 0.496 e. The predicted octanol–water partition coefficient (Wildman–Crippen LogP) is 8.40. The molecule has 0 aliphatic carbocycles. The Hall–Kier alpha value is -4.06. The second-order valence-corrected chi connectivity index (χ2v) is 11.5. The lowest BCUT2D eigenvalue weighted by Gasteiger charge is -2.24. The van der Waals surface area contributed by atoms with Gasteiger partial charge in [0.2, 0.25) is 0 Å². The van der Waals surface area contributed by atoms with E-state index in [1.807, 2.05) is 24.4 Å². The van der Waals surface area contributed by atoms with Gasteiger partial charge in [0, 0.05) is 18.0 Å². The summed E-state index contributed by atoms with van der Waals surface area (Å²) in [6, 6.07) is 7.30. The molecule has 1 aromatic carbocycles. The molecular formula is C34H42F3N3O3. The van der Waals surface area contributed by atoms with E-state index in [0.717, 1.165) is 35.1 Å². The van der Waals surface area contributed by atoms with Crippen LogP contribution in [0.2, 0.25) is 0 Å². The van der Waals surface area contributed by atoms with E-state index in [4.69, 9.17) is 9.47 Å². The maximum Gasteiger partial charge on any atom is 0.405 e. The number of amides is 1. The molecule has 2 rings (SSSR count). The highest BCUT2D eigenvalue weighted by Crippen LogP contribution is 2.37. The summed E-state index contributed by atoms with van der Waals surface area (Å²) in [5.74, 6) is -0.394. The van der Waals surface area contributed by atoms with Crippen molar-refractivity contribution in [3.8, 4) is 17.6 Å². The van der Waals surface area contributed by atoms with Crippen LogP contribution < -0.4 is 14.8 Å². The molecule has 0 bridgehead atoms. The van der Waals surface area contributed by atoms with Crippen molar-refractivity contribution in [1.82, 2.24) is 10.3 Å². The fraction of sp³-hybridized carbons (Fsp3) is 0.441. The predicted molar refractivity (Wildman–Crippen MR) is 165 cm³/mol. The highest BCUT2D eigenvalue weighted by atomic mass is 19.4. The molecule has 1 unspecified atom stereocenters. The number of nitriles is 1. The number of alkyl halides is 3. The van der Waals surface area contributed by atoms with Gasteiger partial charge in [-0.2, -0.15) is 18.4 Å². The van der Waals surface area contributed by atoms with Crippen molar-refractivity contribution in [2.75, 3.05) is 20.8 Å². The van der Waals surface area contributed by atoms with Gasteiger partial charge in [0.05, 0.1) is 25.9 Å². The van der Waals surface area contributed by atoms with Crippen LogP contribution >= 0.6 is 0 Å². The number of carbonyl (C=O) groups is 1. The average molecular weight is 598 g/mol. The zero-order valence-corrected chi connectivity index (χ0v) is 26.2. The van der Waals surface area contributed by atoms with E-state index in [9.17, 15) is 23.2 Å². The van der Waals surface area contributed by atoms with Gasteiger partial charge in [-0.25, -0.2) is 0 Å². The van der Waals surface area contributed by atoms with Crippen LogP contribution in [0.5, 0.6) is 11.5 Å². The van der Waals surface area contributed by atoms with E-state index < -0.39 is 18.6 Å². The Kier molecular flexibility index (Phi) is 12.6. The van der Waals surface area contributed by atoms with Gasteiger partial charge < -0.3 is 14.8 Å². The highest BCUT2D eigenvalue weighted by molar-refractivity contribution is 6.00. The van der Waals surface area contributed by atoms with Crippen molar-refractivity contribution >= 4 is 17.1 Å². The summed E-state index contributed by atoms with van der Waals surface area (Å²) < 4.78 is 49.0. The smallest absolute Gasteiger partial charge is 0.405 e. The lowest BCUT2D eigenvalue weighted by Crippen LogP contribution is -2.34. The number of ether oxygens (including phenoxy) is 2. The van der Waals surface area contributed by atoms with E-state index in [-0.39, 0.29) is 34.3 Å². The number of benzene rings is 1. The number of nitrogens with one attached hydrogen (secondary N) is 1. The Labute approximate surface area is 253 Å². The summed E-state index contributed by atoms with van der Waals surface area (Å²) in [7, 11) is 2.73. The minimum absolute atomic E-state index is 0.0900. The number of halogens is 3. The van der Waals surface area contributed by atoms with Crippen LogP contribution in [0, 0.1) is 28.6 Å². The molecule has 1 aromatic heterocycles. The number of rotatable bonds is 13. The molecule has 6 nitrogen and oxygen atoms in total. The molecule has 0 fully saturated rings. The van der Waals surface area contributed by atoms with Crippen LogP contribution in [-0.4, -0.2) is 37.8 Å². The van der Waals surface area contributed by atoms with Crippen LogP contribution in [0.15, 0.2) is 54.9 Å². The molecule has 0 spiro atoms. The molecule has 0 aliphatic rings. The molecule has 0 radical (unpaired) electrons. The molecule has 0 saturated heterocycles. The van der Waals surface area contributed by atoms with E-state index in [1.165, 1.54) is 14.2 Å². The van der Waals surface area contributed by atoms with E-state index in [2.05, 4.69) is 57.8 Å². The monoisotopic (exact) mass is 597 g/mol. The Morgan fingerprint density at radius 3 is 2.28 bits per heavy atom. The standard InChI is InChI=1S/C34H42F3N3O3/c1-9-10-24(28-20-39-14-12-25(28)19-38)18-33(5,6)13-11-23(4)15-27(22(2)3)26-16-29(42-7)31(30(17-26)43-8)32(41)40-21-34(35,36)37/h9-10,12,14-18,20,22-23H,11,13,21H2,1-8H3,(H,40,41)/b10-9-,24-18+,27-15+. The number of hydrogen-bond acceptors (Lipinski definition) is 5. The Morgan fingerprint density at radius 1 is 1.14 bits per heavy atom. The van der Waals surface area contributed by atoms with Crippen molar-refractivity contribution in [1.29, 1.82) is 5.26 Å². The lowest BCUT2D eigenvalue weighted by molar-refractivity contribution is -0.123. The van der Waals surface area contributed by atoms with Gasteiger partial charge in [-0.05, 0) is 71.9 Å². The van der Waals surface area contributed by atoms with E-state index in [1.54, 1.807) is 30.6 Å². The first-order valence-corrected chi connectivity index (χ1v) is 14.2. The second kappa shape index (κ2) is 15.4. The highest BCUT2D eigenvalue weighted by Gasteiger charge is 2.30. The minimum Gasteiger partial charge on any atom is -0.496 e. The molecule has 1 atom stereocenters. The van der Waals surface area contributed by atoms with Gasteiger partial charge in [-0.15, -0.1) is 0 Å². The summed E-state index contributed by atoms with van der Waals surface area (Å²) in [5, 5.41) is 11.5. The molecule has 0 aliphatic heterocycles. The molecular weight excluding hydrogens is 555 g/mol. The van der Waals surface area contributed by atoms with Gasteiger partial charge in [0.15, 0.2) is 0 Å². The maximum absolute atomic E-state index is 12.7. The van der Waals surface area contributed by atoms with Crippen LogP contribution in [0.25, 0.3) is 11.1 Å². The summed E-state index contributed by atoms with van der Waals surface area (Å²) in [4.78, 5) is 16.9. The molecule has 43 heavy (non-hydrogen) atoms. The van der Waals surface area contributed by atoms with Crippen molar-refractivity contribution in [2.24, 2.45) is 17.3 Å². The first-order chi connectivity index (χ1) is 20.2. The fourth-order valence-corrected chi connectivity index (χ4v) is 4.79. The Morgan fingerprint density at radius 2 is 1.77 bits per heavy atom. The van der Waals surface area contributed by atoms with E-state index >= 15 is 0 Å². The van der Waals surface area contributed by atoms with Crippen LogP contribution in [0.1, 0.15) is 81.4 Å². The third-order valence-electron chi connectivity index (χ3n) is 6.99. The average Bonchev–Trinajstić information content (AvgIpc) is 2.96. The summed E-state index contributed by atoms with van der Waals surface area (Å²) in [6.07, 6.45) is 8.83. The van der Waals surface area contributed by atoms with Crippen molar-refractivity contribution in [3.05, 3.63) is 77.2 Å². The van der Waals surface area contributed by atoms with Crippen LogP contribution in [0.3, 0.4) is 0 Å². The molecule has 232 valence electrons. The normalized spacial score (nSPS) is 13.7. The first-order valence-electron chi connectivity index (χ1n) is 14.2. The van der Waals surface area contributed by atoms with Crippen LogP contribution in [0.4, 0.5) is 13.2 Å². The van der Waals surface area contributed by atoms with Crippen molar-refractivity contribution in [3.63, 3.8) is 0 Å². The summed E-state index contributed by atoms with van der Waals surface area (Å²) >= 11 is 0. The summed E-state index contributed by atoms with van der Waals surface area (Å²) in [5.41, 5.74) is 3.80. The number of hydrogen-bond donors (Lipinski definition) is 1. The molecule has 1 N–H and O–H groups in total. The van der Waals surface area contributed by atoms with Crippen molar-refractivity contribution < 1.29 is 27.4 Å². The van der Waals surface area contributed by atoms with Crippen molar-refractivity contribution in [2.45, 2.75) is 60.6 Å². The Balaban J connectivity index is 2.37. The van der Waals surface area contributed by atoms with Crippen LogP contribution in [-0.2, 0) is 0 Å². The molecule has 2 aromatic rings. The molecule has 9 heteroatoms. The van der Waals surface area contributed by atoms with E-state index in [0.29, 0.717) is 5.56 Å². The third kappa shape index (κ3) is 10.3. The van der Waals surface area contributed by atoms with Gasteiger partial charge in [-0.1, -0.05) is 58.9 Å². The third-order valence-corrected chi connectivity index (χ3v) is 6.99. The van der Waals surface area contributed by atoms with Gasteiger partial charge in [-0.3, -0.25) is 9.78 Å². The maximum atomic E-state index is 12.7. The van der Waals surface area contributed by atoms with Gasteiger partial charge >= 0.3 is 6.18 Å². The number of carbonyl (C=O) groups excluding carboxylic acids is 1. The zero-order chi connectivity index (χ0) is 32.4. The summed E-state index contributed by atoms with van der Waals surface area (Å²) in [6.45, 7) is 11.1. The fourth-order valence-electron chi connectivity index (χ4n) is 4.79. The van der Waals surface area contributed by atoms with Gasteiger partial charge in [0.1, 0.15) is 23.6 Å². The van der Waals surface area contributed by atoms with Gasteiger partial charge in [0.25, 0.3) is 5.91 Å². The number of methoxy groups -OCH3 is 2. The number of pyridine rings is 1. The minimum atomic E-state index is -4.54. The number of nitrogens with zero attached hydrogens (tertiary/aromatic N) is 2. The first kappa shape index (κ1) is 35.1. The lowest BCUT2D eigenvalue weighted by atomic mass is 9.81. The molecule has 0 saturated carbocycles. The quantitative estimate of drug-likeness (QED) is 0.234.